The van der Waals surface area contributed by atoms with Crippen LogP contribution in [-0.4, -0.2) is 31.6 Å². The van der Waals surface area contributed by atoms with Crippen molar-refractivity contribution in [3.05, 3.63) is 21.3 Å². The Kier molecular flexibility index (Phi) is 5.06. The fourth-order valence-electron chi connectivity index (χ4n) is 1.19. The summed E-state index contributed by atoms with van der Waals surface area (Å²) in [4.78, 5) is 3.51. The minimum absolute atomic E-state index is 0.380. The molecule has 1 aromatic heterocycles. The molecular weight excluding hydrogens is 228 g/mol. The van der Waals surface area contributed by atoms with Gasteiger partial charge in [-0.15, -0.1) is 11.3 Å². The smallest absolute Gasteiger partial charge is 0.0931 e. The lowest BCUT2D eigenvalue weighted by molar-refractivity contribution is 0.296. The SMILES string of the molecule is CC(NCC(C)N(C)C)c1ccc(Cl)s1. The summed E-state index contributed by atoms with van der Waals surface area (Å²) in [5.74, 6) is 0. The van der Waals surface area contributed by atoms with Gasteiger partial charge in [-0.1, -0.05) is 11.6 Å². The second-order valence-corrected chi connectivity index (χ2v) is 5.83. The van der Waals surface area contributed by atoms with Crippen LogP contribution in [0.15, 0.2) is 12.1 Å². The second-order valence-electron chi connectivity index (χ2n) is 4.08. The highest BCUT2D eigenvalue weighted by molar-refractivity contribution is 7.16. The topological polar surface area (TPSA) is 15.3 Å². The molecule has 0 saturated carbocycles. The molecule has 0 amide bonds. The van der Waals surface area contributed by atoms with E-state index in [1.807, 2.05) is 6.07 Å². The summed E-state index contributed by atoms with van der Waals surface area (Å²) < 4.78 is 0.860. The standard InChI is InChI=1S/C11H19ClN2S/c1-8(14(3)4)7-13-9(2)10-5-6-11(12)15-10/h5-6,8-9,13H,7H2,1-4H3. The van der Waals surface area contributed by atoms with Gasteiger partial charge in [0.15, 0.2) is 0 Å². The first kappa shape index (κ1) is 13.0. The van der Waals surface area contributed by atoms with E-state index in [0.29, 0.717) is 12.1 Å². The Hall–Kier alpha value is -0.0900. The van der Waals surface area contributed by atoms with E-state index in [-0.39, 0.29) is 0 Å². The number of nitrogens with zero attached hydrogens (tertiary/aromatic N) is 1. The van der Waals surface area contributed by atoms with Gasteiger partial charge in [-0.2, -0.15) is 0 Å². The zero-order valence-corrected chi connectivity index (χ0v) is 11.3. The average Bonchev–Trinajstić information content (AvgIpc) is 2.60. The van der Waals surface area contributed by atoms with Crippen molar-refractivity contribution >= 4 is 22.9 Å². The predicted octanol–water partition coefficient (Wildman–Crippen LogP) is 3.00. The van der Waals surface area contributed by atoms with Crippen LogP contribution in [0.4, 0.5) is 0 Å². The molecule has 0 spiro atoms. The van der Waals surface area contributed by atoms with Crippen molar-refractivity contribution in [2.75, 3.05) is 20.6 Å². The minimum Gasteiger partial charge on any atom is -0.308 e. The van der Waals surface area contributed by atoms with E-state index < -0.39 is 0 Å². The molecule has 0 saturated heterocycles. The Labute approximate surface area is 101 Å². The highest BCUT2D eigenvalue weighted by atomic mass is 35.5. The Balaban J connectivity index is 2.39. The molecule has 0 fully saturated rings. The molecule has 2 nitrogen and oxygen atoms in total. The van der Waals surface area contributed by atoms with Crippen molar-refractivity contribution in [3.8, 4) is 0 Å². The second kappa shape index (κ2) is 5.85. The molecule has 0 radical (unpaired) electrons. The first-order chi connectivity index (χ1) is 7.00. The van der Waals surface area contributed by atoms with E-state index >= 15 is 0 Å². The van der Waals surface area contributed by atoms with Gasteiger partial charge in [0.1, 0.15) is 0 Å². The normalized spacial score (nSPS) is 15.6. The third kappa shape index (κ3) is 4.11. The highest BCUT2D eigenvalue weighted by Gasteiger charge is 2.10. The summed E-state index contributed by atoms with van der Waals surface area (Å²) in [6.07, 6.45) is 0. The predicted molar refractivity (Wildman–Crippen MR) is 68.9 cm³/mol. The molecule has 2 atom stereocenters. The number of halogens is 1. The van der Waals surface area contributed by atoms with Crippen LogP contribution in [-0.2, 0) is 0 Å². The van der Waals surface area contributed by atoms with Gasteiger partial charge in [0, 0.05) is 23.5 Å². The van der Waals surface area contributed by atoms with Gasteiger partial charge in [0.05, 0.1) is 4.34 Å². The van der Waals surface area contributed by atoms with Crippen molar-refractivity contribution in [2.24, 2.45) is 0 Å². The zero-order valence-electron chi connectivity index (χ0n) is 9.75. The van der Waals surface area contributed by atoms with E-state index in [1.165, 1.54) is 4.88 Å². The molecule has 0 aliphatic rings. The summed E-state index contributed by atoms with van der Waals surface area (Å²) in [6.45, 7) is 5.37. The van der Waals surface area contributed by atoms with Crippen molar-refractivity contribution in [2.45, 2.75) is 25.9 Å². The minimum atomic E-state index is 0.380. The van der Waals surface area contributed by atoms with Crippen LogP contribution >= 0.6 is 22.9 Å². The average molecular weight is 247 g/mol. The van der Waals surface area contributed by atoms with E-state index in [2.05, 4.69) is 44.2 Å². The van der Waals surface area contributed by atoms with Crippen LogP contribution in [0.1, 0.15) is 24.8 Å². The third-order valence-corrected chi connectivity index (χ3v) is 4.04. The van der Waals surface area contributed by atoms with Crippen molar-refractivity contribution in [1.29, 1.82) is 0 Å². The number of nitrogens with one attached hydrogen (secondary N) is 1. The molecular formula is C11H19ClN2S. The lowest BCUT2D eigenvalue weighted by atomic mass is 10.2. The third-order valence-electron chi connectivity index (χ3n) is 2.62. The number of hydrogen-bond donors (Lipinski definition) is 1. The van der Waals surface area contributed by atoms with Crippen molar-refractivity contribution < 1.29 is 0 Å². The molecule has 1 aromatic rings. The van der Waals surface area contributed by atoms with Crippen LogP contribution in [0.3, 0.4) is 0 Å². The molecule has 1 N–H and O–H groups in total. The number of rotatable bonds is 5. The quantitative estimate of drug-likeness (QED) is 0.859. The molecule has 0 bridgehead atoms. The lowest BCUT2D eigenvalue weighted by Crippen LogP contribution is -2.36. The van der Waals surface area contributed by atoms with E-state index in [1.54, 1.807) is 11.3 Å². The van der Waals surface area contributed by atoms with Crippen molar-refractivity contribution in [1.82, 2.24) is 10.2 Å². The fourth-order valence-corrected chi connectivity index (χ4v) is 2.28. The molecule has 0 aliphatic heterocycles. The first-order valence-corrected chi connectivity index (χ1v) is 6.35. The number of thiophene rings is 1. The Morgan fingerprint density at radius 3 is 2.53 bits per heavy atom. The van der Waals surface area contributed by atoms with Gasteiger partial charge in [-0.25, -0.2) is 0 Å². The highest BCUT2D eigenvalue weighted by Crippen LogP contribution is 2.26. The summed E-state index contributed by atoms with van der Waals surface area (Å²) >= 11 is 7.55. The Bertz CT molecular complexity index is 299. The van der Waals surface area contributed by atoms with Crippen LogP contribution in [0, 0.1) is 0 Å². The Morgan fingerprint density at radius 1 is 1.40 bits per heavy atom. The van der Waals surface area contributed by atoms with Crippen LogP contribution < -0.4 is 5.32 Å². The summed E-state index contributed by atoms with van der Waals surface area (Å²) in [6, 6.07) is 4.97. The van der Waals surface area contributed by atoms with Crippen LogP contribution in [0.5, 0.6) is 0 Å². The van der Waals surface area contributed by atoms with E-state index in [0.717, 1.165) is 10.9 Å². The molecule has 1 heterocycles. The molecule has 4 heteroatoms. The maximum atomic E-state index is 5.90. The largest absolute Gasteiger partial charge is 0.308 e. The first-order valence-electron chi connectivity index (χ1n) is 5.15. The summed E-state index contributed by atoms with van der Waals surface area (Å²) in [5, 5.41) is 3.50. The summed E-state index contributed by atoms with van der Waals surface area (Å²) in [7, 11) is 4.19. The number of likely N-dealkylation sites (N-methyl/N-ethyl adjacent to an activating group) is 1. The molecule has 0 aromatic carbocycles. The van der Waals surface area contributed by atoms with Crippen molar-refractivity contribution in [3.63, 3.8) is 0 Å². The van der Waals surface area contributed by atoms with E-state index in [9.17, 15) is 0 Å². The zero-order chi connectivity index (χ0) is 11.4. The maximum absolute atomic E-state index is 5.90. The van der Waals surface area contributed by atoms with Gasteiger partial charge >= 0.3 is 0 Å². The van der Waals surface area contributed by atoms with E-state index in [4.69, 9.17) is 11.6 Å². The van der Waals surface area contributed by atoms with Crippen LogP contribution in [0.2, 0.25) is 4.34 Å². The van der Waals surface area contributed by atoms with Gasteiger partial charge in [-0.3, -0.25) is 0 Å². The Morgan fingerprint density at radius 2 is 2.07 bits per heavy atom. The maximum Gasteiger partial charge on any atom is 0.0931 e. The van der Waals surface area contributed by atoms with Gasteiger partial charge < -0.3 is 10.2 Å². The molecule has 15 heavy (non-hydrogen) atoms. The van der Waals surface area contributed by atoms with Gasteiger partial charge in [0.25, 0.3) is 0 Å². The monoisotopic (exact) mass is 246 g/mol. The summed E-state index contributed by atoms with van der Waals surface area (Å²) in [5.41, 5.74) is 0. The van der Waals surface area contributed by atoms with Gasteiger partial charge in [-0.05, 0) is 40.1 Å². The molecule has 2 unspecified atom stereocenters. The van der Waals surface area contributed by atoms with Crippen LogP contribution in [0.25, 0.3) is 0 Å². The number of hydrogen-bond acceptors (Lipinski definition) is 3. The molecule has 86 valence electrons. The molecule has 1 rings (SSSR count). The lowest BCUT2D eigenvalue weighted by Gasteiger charge is -2.22. The fraction of sp³-hybridized carbons (Fsp3) is 0.636. The molecule has 0 aliphatic carbocycles. The van der Waals surface area contributed by atoms with Gasteiger partial charge in [0.2, 0.25) is 0 Å².